The van der Waals surface area contributed by atoms with Crippen molar-refractivity contribution in [1.82, 2.24) is 5.43 Å². The molecule has 0 bridgehead atoms. The van der Waals surface area contributed by atoms with E-state index < -0.39 is 20.9 Å². The van der Waals surface area contributed by atoms with Crippen molar-refractivity contribution in [3.63, 3.8) is 0 Å². The van der Waals surface area contributed by atoms with Crippen LogP contribution in [0.15, 0.2) is 64.6 Å². The molecule has 0 aliphatic heterocycles. The van der Waals surface area contributed by atoms with Crippen LogP contribution in [0.2, 0.25) is 10.0 Å². The number of hydrogen-bond donors (Lipinski definition) is 1. The van der Waals surface area contributed by atoms with Gasteiger partial charge in [0.05, 0.1) is 31.9 Å². The number of carbonyl (C=O) groups is 1. The molecule has 0 aliphatic rings. The van der Waals surface area contributed by atoms with Gasteiger partial charge in [0, 0.05) is 17.2 Å². The Kier molecular flexibility index (Phi) is 9.11. The Balaban J connectivity index is 1.83. The summed E-state index contributed by atoms with van der Waals surface area (Å²) in [4.78, 5) is 22.2. The second-order valence-corrected chi connectivity index (χ2v) is 10.4. The molecule has 0 atom stereocenters. The van der Waals surface area contributed by atoms with Crippen molar-refractivity contribution >= 4 is 73.7 Å². The summed E-state index contributed by atoms with van der Waals surface area (Å²) in [5.74, 6) is -0.505. The van der Waals surface area contributed by atoms with Crippen molar-refractivity contribution in [2.45, 2.75) is 11.8 Å². The zero-order chi connectivity index (χ0) is 26.5. The minimum atomic E-state index is -4.32. The Bertz CT molecular complexity index is 1450. The third kappa shape index (κ3) is 6.84. The Morgan fingerprint density at radius 3 is 2.47 bits per heavy atom. The quantitative estimate of drug-likeness (QED) is 0.106. The SMILES string of the molecule is CCOc1cc(/C=N\NC(=O)c2ccc(Cl)cc2Cl)cc(I)c1OS(=O)(=O)c1ccc([N+](=O)[O-])cc1. The molecule has 0 aliphatic carbocycles. The third-order valence-electron chi connectivity index (χ3n) is 4.42. The maximum atomic E-state index is 12.8. The summed E-state index contributed by atoms with van der Waals surface area (Å²) in [5.41, 5.74) is 2.75. The standard InChI is InChI=1S/C22H16Cl2IN3O7S/c1-2-34-20-10-13(12-26-27-22(29)17-8-3-14(23)11-18(17)24)9-19(25)21(20)35-36(32,33)16-6-4-15(5-7-16)28(30)31/h3-12H,2H2,1H3,(H,27,29)/b26-12-. The van der Waals surface area contributed by atoms with E-state index >= 15 is 0 Å². The number of carbonyl (C=O) groups excluding carboxylic acids is 1. The largest absolute Gasteiger partial charge is 0.490 e. The van der Waals surface area contributed by atoms with Crippen LogP contribution in [0.3, 0.4) is 0 Å². The lowest BCUT2D eigenvalue weighted by atomic mass is 10.2. The average molecular weight is 664 g/mol. The van der Waals surface area contributed by atoms with Crippen molar-refractivity contribution in [3.05, 3.63) is 89.5 Å². The van der Waals surface area contributed by atoms with Crippen LogP contribution in [0.1, 0.15) is 22.8 Å². The van der Waals surface area contributed by atoms with Gasteiger partial charge in [0.25, 0.3) is 11.6 Å². The molecule has 36 heavy (non-hydrogen) atoms. The fourth-order valence-electron chi connectivity index (χ4n) is 2.80. The summed E-state index contributed by atoms with van der Waals surface area (Å²) >= 11 is 13.7. The topological polar surface area (TPSA) is 137 Å². The first-order valence-electron chi connectivity index (χ1n) is 9.95. The molecule has 0 fully saturated rings. The number of hydrogen-bond acceptors (Lipinski definition) is 8. The fraction of sp³-hybridized carbons (Fsp3) is 0.0909. The van der Waals surface area contributed by atoms with E-state index in [1.807, 2.05) is 22.6 Å². The van der Waals surface area contributed by atoms with Crippen LogP contribution in [0.4, 0.5) is 5.69 Å². The van der Waals surface area contributed by atoms with Gasteiger partial charge in [0.1, 0.15) is 4.90 Å². The summed E-state index contributed by atoms with van der Waals surface area (Å²) in [5, 5.41) is 15.3. The zero-order valence-electron chi connectivity index (χ0n) is 18.3. The zero-order valence-corrected chi connectivity index (χ0v) is 22.8. The second-order valence-electron chi connectivity index (χ2n) is 6.87. The number of benzene rings is 3. The van der Waals surface area contributed by atoms with Crippen LogP contribution < -0.4 is 14.3 Å². The van der Waals surface area contributed by atoms with E-state index in [2.05, 4.69) is 10.5 Å². The van der Waals surface area contributed by atoms with Gasteiger partial charge in [0.15, 0.2) is 11.5 Å². The van der Waals surface area contributed by atoms with Gasteiger partial charge in [-0.2, -0.15) is 13.5 Å². The van der Waals surface area contributed by atoms with Gasteiger partial charge in [-0.15, -0.1) is 0 Å². The van der Waals surface area contributed by atoms with Crippen LogP contribution in [-0.2, 0) is 10.1 Å². The highest BCUT2D eigenvalue weighted by Crippen LogP contribution is 2.36. The lowest BCUT2D eigenvalue weighted by Crippen LogP contribution is -2.18. The second kappa shape index (κ2) is 11.9. The Morgan fingerprint density at radius 2 is 1.86 bits per heavy atom. The summed E-state index contributed by atoms with van der Waals surface area (Å²) in [6, 6.07) is 11.8. The van der Waals surface area contributed by atoms with Crippen molar-refractivity contribution in [3.8, 4) is 11.5 Å². The van der Waals surface area contributed by atoms with E-state index in [1.165, 1.54) is 30.5 Å². The number of ether oxygens (including phenoxy) is 1. The van der Waals surface area contributed by atoms with Gasteiger partial charge in [-0.05, 0) is 77.5 Å². The molecule has 0 unspecified atom stereocenters. The molecule has 3 aromatic carbocycles. The average Bonchev–Trinajstić information content (AvgIpc) is 2.81. The van der Waals surface area contributed by atoms with E-state index in [9.17, 15) is 23.3 Å². The first-order valence-corrected chi connectivity index (χ1v) is 13.2. The van der Waals surface area contributed by atoms with Gasteiger partial charge in [-0.25, -0.2) is 5.43 Å². The summed E-state index contributed by atoms with van der Waals surface area (Å²) in [6.45, 7) is 1.91. The number of nitro benzene ring substituents is 1. The molecule has 10 nitrogen and oxygen atoms in total. The minimum Gasteiger partial charge on any atom is -0.490 e. The molecule has 188 valence electrons. The van der Waals surface area contributed by atoms with E-state index in [4.69, 9.17) is 32.1 Å². The number of rotatable bonds is 9. The predicted octanol–water partition coefficient (Wildman–Crippen LogP) is 5.44. The number of non-ortho nitro benzene ring substituents is 1. The molecule has 0 saturated heterocycles. The molecule has 3 rings (SSSR count). The third-order valence-corrected chi connectivity index (χ3v) is 7.00. The van der Waals surface area contributed by atoms with E-state index in [0.717, 1.165) is 24.3 Å². The molecular formula is C22H16Cl2IN3O7S. The van der Waals surface area contributed by atoms with Crippen molar-refractivity contribution in [2.24, 2.45) is 5.10 Å². The molecule has 0 aromatic heterocycles. The van der Waals surface area contributed by atoms with Crippen molar-refractivity contribution < 1.29 is 27.1 Å². The molecule has 0 radical (unpaired) electrons. The first kappa shape index (κ1) is 27.6. The molecule has 0 heterocycles. The van der Waals surface area contributed by atoms with E-state index in [1.54, 1.807) is 13.0 Å². The summed E-state index contributed by atoms with van der Waals surface area (Å²) < 4.78 is 36.8. The number of nitrogens with one attached hydrogen (secondary N) is 1. The fourth-order valence-corrected chi connectivity index (χ4v) is 5.13. The molecular weight excluding hydrogens is 648 g/mol. The Hall–Kier alpha value is -2.94. The molecule has 3 aromatic rings. The van der Waals surface area contributed by atoms with Gasteiger partial charge in [-0.1, -0.05) is 23.2 Å². The van der Waals surface area contributed by atoms with Crippen LogP contribution in [0, 0.1) is 13.7 Å². The van der Waals surface area contributed by atoms with E-state index in [-0.39, 0.29) is 39.3 Å². The highest BCUT2D eigenvalue weighted by molar-refractivity contribution is 14.1. The predicted molar refractivity (Wildman–Crippen MR) is 143 cm³/mol. The molecule has 14 heteroatoms. The van der Waals surface area contributed by atoms with E-state index in [0.29, 0.717) is 14.2 Å². The Morgan fingerprint density at radius 1 is 1.17 bits per heavy atom. The van der Waals surface area contributed by atoms with Crippen LogP contribution >= 0.6 is 45.8 Å². The molecule has 1 amide bonds. The Labute approximate surface area is 229 Å². The number of amides is 1. The van der Waals surface area contributed by atoms with Crippen LogP contribution in [0.25, 0.3) is 0 Å². The monoisotopic (exact) mass is 663 g/mol. The summed E-state index contributed by atoms with van der Waals surface area (Å²) in [6.07, 6.45) is 1.33. The number of hydrazone groups is 1. The van der Waals surface area contributed by atoms with Crippen LogP contribution in [0.5, 0.6) is 11.5 Å². The van der Waals surface area contributed by atoms with Crippen molar-refractivity contribution in [2.75, 3.05) is 6.61 Å². The van der Waals surface area contributed by atoms with Gasteiger partial charge < -0.3 is 8.92 Å². The van der Waals surface area contributed by atoms with Crippen LogP contribution in [-0.4, -0.2) is 32.1 Å². The molecule has 0 saturated carbocycles. The van der Waals surface area contributed by atoms with Crippen molar-refractivity contribution in [1.29, 1.82) is 0 Å². The first-order chi connectivity index (χ1) is 17.0. The number of halogens is 3. The lowest BCUT2D eigenvalue weighted by molar-refractivity contribution is -0.384. The lowest BCUT2D eigenvalue weighted by Gasteiger charge is -2.14. The molecule has 0 spiro atoms. The maximum Gasteiger partial charge on any atom is 0.339 e. The minimum absolute atomic E-state index is 0.0649. The highest BCUT2D eigenvalue weighted by Gasteiger charge is 2.23. The van der Waals surface area contributed by atoms with Gasteiger partial charge in [0.2, 0.25) is 0 Å². The number of nitrogens with zero attached hydrogens (tertiary/aromatic N) is 2. The smallest absolute Gasteiger partial charge is 0.339 e. The van der Waals surface area contributed by atoms with Gasteiger partial charge >= 0.3 is 10.1 Å². The highest BCUT2D eigenvalue weighted by atomic mass is 127. The summed E-state index contributed by atoms with van der Waals surface area (Å²) in [7, 11) is -4.32. The number of nitro groups is 1. The maximum absolute atomic E-state index is 12.8. The van der Waals surface area contributed by atoms with Gasteiger partial charge in [-0.3, -0.25) is 14.9 Å². The normalized spacial score (nSPS) is 11.3. The molecule has 1 N–H and O–H groups in total.